The molecule has 0 spiro atoms. The number of halogens is 2. The van der Waals surface area contributed by atoms with Crippen LogP contribution in [-0.2, 0) is 14.3 Å². The number of hydrogen-bond acceptors (Lipinski definition) is 5. The molecular weight excluding hydrogens is 353 g/mol. The Hall–Kier alpha value is -0.890. The van der Waals surface area contributed by atoms with Gasteiger partial charge >= 0.3 is 0 Å². The average molecular weight is 380 g/mol. The highest BCUT2D eigenvalue weighted by atomic mass is 35.5. The molecule has 138 valence electrons. The highest BCUT2D eigenvalue weighted by Crippen LogP contribution is 2.23. The molecule has 0 aliphatic carbocycles. The lowest BCUT2D eigenvalue weighted by molar-refractivity contribution is -0.118. The third-order valence-electron chi connectivity index (χ3n) is 3.91. The third kappa shape index (κ3) is 6.55. The van der Waals surface area contributed by atoms with E-state index >= 15 is 0 Å². The number of carbonyl (C=O) groups excluding carboxylic acids is 1. The van der Waals surface area contributed by atoms with E-state index in [1.165, 1.54) is 12.7 Å². The highest BCUT2D eigenvalue weighted by Gasteiger charge is 2.19. The number of nitrogens with one attached hydrogen (secondary N) is 1. The molecule has 1 aromatic carbocycles. The molecule has 6 nitrogen and oxygen atoms in total. The number of methoxy groups -OCH3 is 1. The van der Waals surface area contributed by atoms with E-state index in [1.807, 2.05) is 18.2 Å². The average Bonchev–Trinajstić information content (AvgIpc) is 2.55. The molecule has 0 saturated carbocycles. The summed E-state index contributed by atoms with van der Waals surface area (Å²) in [4.78, 5) is 14.3. The maximum Gasteiger partial charge on any atom is 0.243 e. The fraction of sp³-hybridized carbons (Fsp3) is 0.562. The molecule has 1 aliphatic heterocycles. The molecule has 1 heterocycles. The lowest BCUT2D eigenvalue weighted by Crippen LogP contribution is -2.39. The van der Waals surface area contributed by atoms with Crippen molar-refractivity contribution in [2.45, 2.75) is 19.0 Å². The van der Waals surface area contributed by atoms with Crippen LogP contribution >= 0.6 is 24.8 Å². The largest absolute Gasteiger partial charge is 0.383 e. The van der Waals surface area contributed by atoms with E-state index in [1.54, 1.807) is 0 Å². The molecule has 8 heteroatoms. The van der Waals surface area contributed by atoms with Crippen LogP contribution in [0.25, 0.3) is 0 Å². The summed E-state index contributed by atoms with van der Waals surface area (Å²) in [6, 6.07) is 7.51. The zero-order chi connectivity index (χ0) is 15.9. The summed E-state index contributed by atoms with van der Waals surface area (Å²) in [6.07, 6.45) is 0. The molecular formula is C16H27Cl2N3O3. The van der Waals surface area contributed by atoms with E-state index in [0.717, 1.165) is 32.0 Å². The van der Waals surface area contributed by atoms with Gasteiger partial charge in [-0.2, -0.15) is 0 Å². The second kappa shape index (κ2) is 11.6. The highest BCUT2D eigenvalue weighted by molar-refractivity contribution is 5.94. The first-order chi connectivity index (χ1) is 10.6. The Morgan fingerprint density at radius 2 is 2.04 bits per heavy atom. The molecule has 2 atom stereocenters. The van der Waals surface area contributed by atoms with Crippen LogP contribution in [0.5, 0.6) is 0 Å². The van der Waals surface area contributed by atoms with Crippen LogP contribution in [0.3, 0.4) is 0 Å². The summed E-state index contributed by atoms with van der Waals surface area (Å²) in [5, 5.41) is 2.84. The van der Waals surface area contributed by atoms with Gasteiger partial charge in [0.15, 0.2) is 0 Å². The van der Waals surface area contributed by atoms with Gasteiger partial charge in [0.05, 0.1) is 19.8 Å². The molecule has 0 radical (unpaired) electrons. The van der Waals surface area contributed by atoms with Gasteiger partial charge in [0.2, 0.25) is 5.91 Å². The van der Waals surface area contributed by atoms with Crippen molar-refractivity contribution in [3.63, 3.8) is 0 Å². The van der Waals surface area contributed by atoms with Crippen LogP contribution in [0.2, 0.25) is 0 Å². The summed E-state index contributed by atoms with van der Waals surface area (Å²) in [5.74, 6) is -0.238. The summed E-state index contributed by atoms with van der Waals surface area (Å²) in [6.45, 7) is 5.77. The summed E-state index contributed by atoms with van der Waals surface area (Å²) in [7, 11) is 1.53. The van der Waals surface area contributed by atoms with Crippen LogP contribution in [-0.4, -0.2) is 56.9 Å². The third-order valence-corrected chi connectivity index (χ3v) is 3.91. The van der Waals surface area contributed by atoms with Crippen molar-refractivity contribution < 1.29 is 14.3 Å². The number of amides is 1. The van der Waals surface area contributed by atoms with E-state index in [0.29, 0.717) is 0 Å². The van der Waals surface area contributed by atoms with Gasteiger partial charge in [-0.25, -0.2) is 0 Å². The van der Waals surface area contributed by atoms with E-state index in [-0.39, 0.29) is 43.4 Å². The van der Waals surface area contributed by atoms with Crippen LogP contribution in [0, 0.1) is 0 Å². The van der Waals surface area contributed by atoms with Gasteiger partial charge in [-0.15, -0.1) is 24.8 Å². The van der Waals surface area contributed by atoms with Crippen molar-refractivity contribution in [3.05, 3.63) is 29.8 Å². The zero-order valence-corrected chi connectivity index (χ0v) is 15.7. The second-order valence-corrected chi connectivity index (χ2v) is 5.50. The fourth-order valence-corrected chi connectivity index (χ4v) is 2.54. The van der Waals surface area contributed by atoms with E-state index in [4.69, 9.17) is 15.2 Å². The van der Waals surface area contributed by atoms with Crippen LogP contribution in [0.4, 0.5) is 5.69 Å². The number of ether oxygens (including phenoxy) is 2. The first-order valence-corrected chi connectivity index (χ1v) is 7.59. The van der Waals surface area contributed by atoms with Crippen LogP contribution in [0.1, 0.15) is 18.5 Å². The predicted molar refractivity (Wildman–Crippen MR) is 100 cm³/mol. The van der Waals surface area contributed by atoms with Crippen LogP contribution in [0.15, 0.2) is 24.3 Å². The Morgan fingerprint density at radius 1 is 1.38 bits per heavy atom. The van der Waals surface area contributed by atoms with E-state index < -0.39 is 6.04 Å². The topological polar surface area (TPSA) is 76.8 Å². The van der Waals surface area contributed by atoms with Crippen LogP contribution < -0.4 is 11.1 Å². The second-order valence-electron chi connectivity index (χ2n) is 5.50. The molecule has 2 unspecified atom stereocenters. The molecule has 0 aromatic heterocycles. The summed E-state index contributed by atoms with van der Waals surface area (Å²) < 4.78 is 10.3. The van der Waals surface area contributed by atoms with Gasteiger partial charge in [-0.05, 0) is 24.6 Å². The predicted octanol–water partition coefficient (Wildman–Crippen LogP) is 1.84. The minimum atomic E-state index is -0.662. The monoisotopic (exact) mass is 379 g/mol. The van der Waals surface area contributed by atoms with Crippen molar-refractivity contribution in [2.75, 3.05) is 45.3 Å². The Labute approximate surface area is 155 Å². The molecule has 3 N–H and O–H groups in total. The molecule has 1 aromatic rings. The molecule has 1 fully saturated rings. The molecule has 2 rings (SSSR count). The number of nitrogens with zero attached hydrogens (tertiary/aromatic N) is 1. The number of benzene rings is 1. The smallest absolute Gasteiger partial charge is 0.243 e. The Bertz CT molecular complexity index is 499. The van der Waals surface area contributed by atoms with Gasteiger partial charge in [-0.3, -0.25) is 9.69 Å². The first-order valence-electron chi connectivity index (χ1n) is 7.59. The SMILES string of the molecule is COCC(N)C(=O)Nc1cccc(C(C)N2CCOCC2)c1.Cl.Cl. The van der Waals surface area contributed by atoms with Gasteiger partial charge in [0, 0.05) is 31.9 Å². The zero-order valence-electron chi connectivity index (χ0n) is 14.1. The van der Waals surface area contributed by atoms with Gasteiger partial charge in [0.1, 0.15) is 6.04 Å². The molecule has 1 amide bonds. The van der Waals surface area contributed by atoms with Gasteiger partial charge < -0.3 is 20.5 Å². The Morgan fingerprint density at radius 3 is 2.67 bits per heavy atom. The maximum absolute atomic E-state index is 11.9. The number of hydrogen-bond donors (Lipinski definition) is 2. The van der Waals surface area contributed by atoms with Crippen molar-refractivity contribution in [1.82, 2.24) is 4.90 Å². The Kier molecular flexibility index (Phi) is 11.2. The molecule has 1 saturated heterocycles. The van der Waals surface area contributed by atoms with Gasteiger partial charge in [-0.1, -0.05) is 12.1 Å². The minimum absolute atomic E-state index is 0. The lowest BCUT2D eigenvalue weighted by atomic mass is 10.1. The quantitative estimate of drug-likeness (QED) is 0.788. The molecule has 0 bridgehead atoms. The summed E-state index contributed by atoms with van der Waals surface area (Å²) in [5.41, 5.74) is 7.66. The number of carbonyl (C=O) groups is 1. The normalized spacial score (nSPS) is 17.1. The van der Waals surface area contributed by atoms with E-state index in [9.17, 15) is 4.79 Å². The fourth-order valence-electron chi connectivity index (χ4n) is 2.54. The standard InChI is InChI=1S/C16H25N3O3.2ClH/c1-12(19-6-8-22-9-7-19)13-4-3-5-14(10-13)18-16(20)15(17)11-21-2;;/h3-5,10,12,15H,6-9,11,17H2,1-2H3,(H,18,20);2*1H. The number of rotatable bonds is 6. The van der Waals surface area contributed by atoms with Crippen molar-refractivity contribution in [1.29, 1.82) is 0 Å². The van der Waals surface area contributed by atoms with Crippen molar-refractivity contribution in [2.24, 2.45) is 5.73 Å². The van der Waals surface area contributed by atoms with Crippen molar-refractivity contribution in [3.8, 4) is 0 Å². The molecule has 24 heavy (non-hydrogen) atoms. The number of morpholine rings is 1. The Balaban J connectivity index is 0.00000264. The first kappa shape index (κ1) is 23.1. The number of anilines is 1. The van der Waals surface area contributed by atoms with E-state index in [2.05, 4.69) is 23.2 Å². The van der Waals surface area contributed by atoms with Crippen molar-refractivity contribution >= 4 is 36.4 Å². The maximum atomic E-state index is 11.9. The number of nitrogens with two attached hydrogens (primary N) is 1. The lowest BCUT2D eigenvalue weighted by Gasteiger charge is -2.32. The molecule has 1 aliphatic rings. The van der Waals surface area contributed by atoms with Gasteiger partial charge in [0.25, 0.3) is 0 Å². The minimum Gasteiger partial charge on any atom is -0.383 e. The summed E-state index contributed by atoms with van der Waals surface area (Å²) >= 11 is 0.